The second kappa shape index (κ2) is 6.79. The number of hydrogen-bond donors (Lipinski definition) is 1. The van der Waals surface area contributed by atoms with Crippen LogP contribution in [0.2, 0.25) is 0 Å². The van der Waals surface area contributed by atoms with Gasteiger partial charge < -0.3 is 10.6 Å². The molecule has 27 heavy (non-hydrogen) atoms. The lowest BCUT2D eigenvalue weighted by molar-refractivity contribution is 0.0999. The quantitative estimate of drug-likeness (QED) is 0.766. The second-order valence-electron chi connectivity index (χ2n) is 6.52. The number of halogens is 2. The fraction of sp³-hybridized carbons (Fsp3) is 0.143. The Morgan fingerprint density at radius 3 is 2.67 bits per heavy atom. The molecule has 0 aliphatic carbocycles. The molecule has 1 aliphatic heterocycles. The van der Waals surface area contributed by atoms with E-state index in [1.54, 1.807) is 18.3 Å². The number of nitrogens with two attached hydrogens (primary N) is 1. The molecule has 1 aliphatic rings. The molecule has 4 rings (SSSR count). The van der Waals surface area contributed by atoms with E-state index in [-0.39, 0.29) is 0 Å². The minimum Gasteiger partial charge on any atom is -0.366 e. The van der Waals surface area contributed by atoms with Gasteiger partial charge in [-0.05, 0) is 65.9 Å². The molecule has 3 aromatic rings. The third kappa shape index (κ3) is 3.26. The van der Waals surface area contributed by atoms with Gasteiger partial charge in [0.15, 0.2) is 11.6 Å². The van der Waals surface area contributed by atoms with Crippen LogP contribution in [-0.4, -0.2) is 17.4 Å². The van der Waals surface area contributed by atoms with E-state index in [4.69, 9.17) is 5.73 Å². The number of anilines is 2. The first-order valence-electron chi connectivity index (χ1n) is 8.61. The Kier molecular flexibility index (Phi) is 4.32. The van der Waals surface area contributed by atoms with Crippen molar-refractivity contribution < 1.29 is 13.6 Å². The average Bonchev–Trinajstić information content (AvgIpc) is 3.09. The number of carbonyl (C=O) groups excluding carboxylic acids is 1. The summed E-state index contributed by atoms with van der Waals surface area (Å²) in [6, 6.07) is 13.2. The molecule has 0 saturated heterocycles. The lowest BCUT2D eigenvalue weighted by Gasteiger charge is -2.19. The molecule has 2 N–H and O–H groups in total. The topological polar surface area (TPSA) is 59.2 Å². The lowest BCUT2D eigenvalue weighted by atomic mass is 10.0. The summed E-state index contributed by atoms with van der Waals surface area (Å²) < 4.78 is 26.6. The summed E-state index contributed by atoms with van der Waals surface area (Å²) >= 11 is 0. The van der Waals surface area contributed by atoms with Gasteiger partial charge in [-0.25, -0.2) is 13.8 Å². The Morgan fingerprint density at radius 2 is 1.89 bits per heavy atom. The number of nitrogens with zero attached hydrogens (tertiary/aromatic N) is 2. The molecule has 0 radical (unpaired) electrons. The van der Waals surface area contributed by atoms with E-state index in [1.165, 1.54) is 6.07 Å². The highest BCUT2D eigenvalue weighted by atomic mass is 19.2. The molecule has 0 spiro atoms. The van der Waals surface area contributed by atoms with Crippen LogP contribution in [0.5, 0.6) is 0 Å². The number of amides is 1. The van der Waals surface area contributed by atoms with Crippen molar-refractivity contribution in [2.75, 3.05) is 11.4 Å². The van der Waals surface area contributed by atoms with Crippen molar-refractivity contribution in [3.63, 3.8) is 0 Å². The summed E-state index contributed by atoms with van der Waals surface area (Å²) in [7, 11) is 0. The van der Waals surface area contributed by atoms with Gasteiger partial charge in [-0.3, -0.25) is 4.79 Å². The molecule has 2 aromatic carbocycles. The van der Waals surface area contributed by atoms with Crippen LogP contribution < -0.4 is 10.6 Å². The van der Waals surface area contributed by atoms with Crippen molar-refractivity contribution in [2.24, 2.45) is 5.73 Å². The number of primary amides is 1. The number of aromatic nitrogens is 1. The van der Waals surface area contributed by atoms with Gasteiger partial charge in [-0.2, -0.15) is 0 Å². The Hall–Kier alpha value is -3.28. The molecule has 0 unspecified atom stereocenters. The largest absolute Gasteiger partial charge is 0.366 e. The van der Waals surface area contributed by atoms with Crippen molar-refractivity contribution >= 4 is 17.4 Å². The SMILES string of the molecule is NC(=O)c1cccc2c1CCN2c1cc(Cc2ccc(F)c(F)c2)ccn1. The Bertz CT molecular complexity index is 1040. The number of benzene rings is 2. The number of carbonyl (C=O) groups is 1. The van der Waals surface area contributed by atoms with E-state index in [2.05, 4.69) is 4.98 Å². The van der Waals surface area contributed by atoms with Crippen LogP contribution in [-0.2, 0) is 12.8 Å². The first kappa shape index (κ1) is 17.1. The highest BCUT2D eigenvalue weighted by molar-refractivity contribution is 5.96. The van der Waals surface area contributed by atoms with Crippen LogP contribution in [0.15, 0.2) is 54.7 Å². The molecular formula is C21H17F2N3O. The van der Waals surface area contributed by atoms with Crippen LogP contribution in [0.3, 0.4) is 0 Å². The number of rotatable bonds is 4. The maximum absolute atomic E-state index is 13.4. The molecule has 0 bridgehead atoms. The third-order valence-electron chi connectivity index (χ3n) is 4.77. The third-order valence-corrected chi connectivity index (χ3v) is 4.77. The number of hydrogen-bond acceptors (Lipinski definition) is 3. The Balaban J connectivity index is 1.64. The van der Waals surface area contributed by atoms with E-state index in [1.807, 2.05) is 29.2 Å². The zero-order valence-electron chi connectivity index (χ0n) is 14.5. The van der Waals surface area contributed by atoms with E-state index in [9.17, 15) is 13.6 Å². The molecule has 2 heterocycles. The van der Waals surface area contributed by atoms with E-state index < -0.39 is 17.5 Å². The fourth-order valence-electron chi connectivity index (χ4n) is 3.51. The fourth-order valence-corrected chi connectivity index (χ4v) is 3.51. The van der Waals surface area contributed by atoms with E-state index in [0.717, 1.165) is 28.7 Å². The van der Waals surface area contributed by atoms with Crippen LogP contribution in [0.4, 0.5) is 20.3 Å². The summed E-state index contributed by atoms with van der Waals surface area (Å²) in [5, 5.41) is 0. The van der Waals surface area contributed by atoms with Crippen LogP contribution >= 0.6 is 0 Å². The van der Waals surface area contributed by atoms with Crippen molar-refractivity contribution in [2.45, 2.75) is 12.8 Å². The van der Waals surface area contributed by atoms with Gasteiger partial charge in [-0.15, -0.1) is 0 Å². The smallest absolute Gasteiger partial charge is 0.249 e. The summed E-state index contributed by atoms with van der Waals surface area (Å²) in [6.07, 6.45) is 2.87. The van der Waals surface area contributed by atoms with Crippen molar-refractivity contribution in [3.05, 3.63) is 88.6 Å². The maximum atomic E-state index is 13.4. The molecular weight excluding hydrogens is 348 g/mol. The molecule has 1 amide bonds. The summed E-state index contributed by atoms with van der Waals surface area (Å²) in [4.78, 5) is 18.1. The van der Waals surface area contributed by atoms with Gasteiger partial charge in [0.2, 0.25) is 5.91 Å². The predicted octanol–water partition coefficient (Wildman–Crippen LogP) is 3.74. The first-order valence-corrected chi connectivity index (χ1v) is 8.61. The standard InChI is InChI=1S/C21H17F2N3O/c22-17-5-4-13(11-18(17)23)10-14-6-8-25-20(12-14)26-9-7-15-16(21(24)27)2-1-3-19(15)26/h1-6,8,11-12H,7,9-10H2,(H2,24,27). The van der Waals surface area contributed by atoms with Gasteiger partial charge in [0.05, 0.1) is 0 Å². The lowest BCUT2D eigenvalue weighted by Crippen LogP contribution is -2.15. The molecule has 6 heteroatoms. The zero-order chi connectivity index (χ0) is 19.0. The van der Waals surface area contributed by atoms with Gasteiger partial charge in [-0.1, -0.05) is 12.1 Å². The normalized spacial score (nSPS) is 12.9. The van der Waals surface area contributed by atoms with E-state index in [0.29, 0.717) is 30.5 Å². The van der Waals surface area contributed by atoms with Crippen molar-refractivity contribution in [1.82, 2.24) is 4.98 Å². The zero-order valence-corrected chi connectivity index (χ0v) is 14.5. The molecule has 0 fully saturated rings. The summed E-state index contributed by atoms with van der Waals surface area (Å²) in [6.45, 7) is 0.696. The average molecular weight is 365 g/mol. The van der Waals surface area contributed by atoms with Crippen molar-refractivity contribution in [3.8, 4) is 0 Å². The predicted molar refractivity (Wildman–Crippen MR) is 99.1 cm³/mol. The number of fused-ring (bicyclic) bond motifs is 1. The molecule has 0 atom stereocenters. The van der Waals surface area contributed by atoms with E-state index >= 15 is 0 Å². The maximum Gasteiger partial charge on any atom is 0.249 e. The minimum atomic E-state index is -0.854. The van der Waals surface area contributed by atoms with Crippen LogP contribution in [0.1, 0.15) is 27.0 Å². The van der Waals surface area contributed by atoms with Crippen LogP contribution in [0.25, 0.3) is 0 Å². The first-order chi connectivity index (χ1) is 13.0. The minimum absolute atomic E-state index is 0.436. The molecule has 0 saturated carbocycles. The molecule has 1 aromatic heterocycles. The Morgan fingerprint density at radius 1 is 1.07 bits per heavy atom. The second-order valence-corrected chi connectivity index (χ2v) is 6.52. The van der Waals surface area contributed by atoms with Gasteiger partial charge in [0.25, 0.3) is 0 Å². The van der Waals surface area contributed by atoms with Crippen molar-refractivity contribution in [1.29, 1.82) is 0 Å². The highest BCUT2D eigenvalue weighted by Crippen LogP contribution is 2.35. The van der Waals surface area contributed by atoms with Crippen LogP contribution in [0, 0.1) is 11.6 Å². The summed E-state index contributed by atoms with van der Waals surface area (Å²) in [5.74, 6) is -1.40. The number of pyridine rings is 1. The summed E-state index contributed by atoms with van der Waals surface area (Å²) in [5.41, 5.74) is 9.48. The molecule has 4 nitrogen and oxygen atoms in total. The highest BCUT2D eigenvalue weighted by Gasteiger charge is 2.25. The monoisotopic (exact) mass is 365 g/mol. The van der Waals surface area contributed by atoms with Gasteiger partial charge >= 0.3 is 0 Å². The van der Waals surface area contributed by atoms with Gasteiger partial charge in [0.1, 0.15) is 5.82 Å². The molecule has 136 valence electrons. The van der Waals surface area contributed by atoms with Gasteiger partial charge in [0, 0.05) is 24.0 Å². The Labute approximate surface area is 155 Å².